The predicted octanol–water partition coefficient (Wildman–Crippen LogP) is -0.529. The monoisotopic (exact) mass is 257 g/mol. The lowest BCUT2D eigenvalue weighted by molar-refractivity contribution is -0.126. The molecule has 0 atom stereocenters. The lowest BCUT2D eigenvalue weighted by atomic mass is 10.4. The molecule has 7 heteroatoms. The standard InChI is InChI=1S/C10H15N3O3S/c1-3-11-8(14)4-12-9(15)5-13-7(2)6-17-10(13)16/h6H,3-5H2,1-2H3,(H,11,14)(H,12,15). The zero-order chi connectivity index (χ0) is 12.8. The van der Waals surface area contributed by atoms with Crippen molar-refractivity contribution in [2.75, 3.05) is 13.1 Å². The highest BCUT2D eigenvalue weighted by atomic mass is 32.1. The van der Waals surface area contributed by atoms with Crippen LogP contribution in [0.25, 0.3) is 0 Å². The van der Waals surface area contributed by atoms with Crippen molar-refractivity contribution in [3.63, 3.8) is 0 Å². The normalized spacial score (nSPS) is 10.0. The molecule has 0 aromatic carbocycles. The Balaban J connectivity index is 2.46. The minimum atomic E-state index is -0.347. The maximum Gasteiger partial charge on any atom is 0.307 e. The van der Waals surface area contributed by atoms with E-state index in [2.05, 4.69) is 10.6 Å². The molecule has 1 aromatic heterocycles. The van der Waals surface area contributed by atoms with Gasteiger partial charge in [-0.2, -0.15) is 0 Å². The first-order chi connectivity index (χ1) is 8.04. The van der Waals surface area contributed by atoms with Crippen molar-refractivity contribution in [2.24, 2.45) is 0 Å². The zero-order valence-electron chi connectivity index (χ0n) is 9.78. The molecule has 6 nitrogen and oxygen atoms in total. The van der Waals surface area contributed by atoms with Gasteiger partial charge in [-0.15, -0.1) is 0 Å². The summed E-state index contributed by atoms with van der Waals surface area (Å²) < 4.78 is 1.37. The fraction of sp³-hybridized carbons (Fsp3) is 0.500. The molecule has 1 rings (SSSR count). The molecule has 1 aromatic rings. The number of amides is 2. The molecule has 0 unspecified atom stereocenters. The summed E-state index contributed by atoms with van der Waals surface area (Å²) in [5, 5.41) is 6.71. The largest absolute Gasteiger partial charge is 0.355 e. The molecule has 0 radical (unpaired) electrons. The fourth-order valence-corrected chi connectivity index (χ4v) is 1.97. The van der Waals surface area contributed by atoms with E-state index in [1.54, 1.807) is 19.2 Å². The van der Waals surface area contributed by atoms with E-state index in [4.69, 9.17) is 0 Å². The average molecular weight is 257 g/mol. The fourth-order valence-electron chi connectivity index (χ4n) is 1.23. The number of rotatable bonds is 5. The minimum Gasteiger partial charge on any atom is -0.355 e. The van der Waals surface area contributed by atoms with Gasteiger partial charge in [0.1, 0.15) is 6.54 Å². The highest BCUT2D eigenvalue weighted by Gasteiger charge is 2.09. The van der Waals surface area contributed by atoms with Crippen LogP contribution < -0.4 is 15.5 Å². The smallest absolute Gasteiger partial charge is 0.307 e. The van der Waals surface area contributed by atoms with Crippen LogP contribution in [0.5, 0.6) is 0 Å². The Bertz CT molecular complexity index is 464. The summed E-state index contributed by atoms with van der Waals surface area (Å²) in [6, 6.07) is 0. The predicted molar refractivity (Wildman–Crippen MR) is 65.0 cm³/mol. The van der Waals surface area contributed by atoms with Crippen LogP contribution in [0, 0.1) is 6.92 Å². The second-order valence-corrected chi connectivity index (χ2v) is 4.28. The van der Waals surface area contributed by atoms with Crippen molar-refractivity contribution >= 4 is 23.2 Å². The van der Waals surface area contributed by atoms with Crippen molar-refractivity contribution < 1.29 is 9.59 Å². The number of thiazole rings is 1. The summed E-state index contributed by atoms with van der Waals surface area (Å²) in [4.78, 5) is 33.7. The molecule has 94 valence electrons. The topological polar surface area (TPSA) is 80.2 Å². The van der Waals surface area contributed by atoms with E-state index < -0.39 is 0 Å². The zero-order valence-corrected chi connectivity index (χ0v) is 10.6. The van der Waals surface area contributed by atoms with Crippen molar-refractivity contribution in [2.45, 2.75) is 20.4 Å². The third-order valence-electron chi connectivity index (χ3n) is 2.10. The molecule has 0 aliphatic rings. The van der Waals surface area contributed by atoms with Gasteiger partial charge in [-0.1, -0.05) is 11.3 Å². The molecule has 2 amide bonds. The van der Waals surface area contributed by atoms with Crippen LogP contribution in [0.4, 0.5) is 0 Å². The Kier molecular flexibility index (Phi) is 4.89. The molecule has 0 fully saturated rings. The second-order valence-electron chi connectivity index (χ2n) is 3.46. The number of likely N-dealkylation sites (N-methyl/N-ethyl adjacent to an activating group) is 1. The molecule has 17 heavy (non-hydrogen) atoms. The molecular formula is C10H15N3O3S. The van der Waals surface area contributed by atoms with Crippen molar-refractivity contribution in [1.29, 1.82) is 0 Å². The number of carbonyl (C=O) groups is 2. The number of nitrogens with zero attached hydrogens (tertiary/aromatic N) is 1. The summed E-state index contributed by atoms with van der Waals surface area (Å²) in [6.07, 6.45) is 0. The minimum absolute atomic E-state index is 0.0480. The summed E-state index contributed by atoms with van der Waals surface area (Å²) in [5.74, 6) is -0.588. The highest BCUT2D eigenvalue weighted by molar-refractivity contribution is 7.07. The van der Waals surface area contributed by atoms with Crippen LogP contribution in [-0.2, 0) is 16.1 Å². The van der Waals surface area contributed by atoms with Crippen molar-refractivity contribution in [3.8, 4) is 0 Å². The number of hydrogen-bond acceptors (Lipinski definition) is 4. The molecular weight excluding hydrogens is 242 g/mol. The lowest BCUT2D eigenvalue weighted by Crippen LogP contribution is -2.39. The number of nitrogens with one attached hydrogen (secondary N) is 2. The van der Waals surface area contributed by atoms with Gasteiger partial charge in [-0.3, -0.25) is 19.0 Å². The van der Waals surface area contributed by atoms with Gasteiger partial charge in [0.05, 0.1) is 6.54 Å². The average Bonchev–Trinajstić information content (AvgIpc) is 2.58. The molecule has 2 N–H and O–H groups in total. The van der Waals surface area contributed by atoms with Crippen LogP contribution >= 0.6 is 11.3 Å². The number of hydrogen-bond donors (Lipinski definition) is 2. The highest BCUT2D eigenvalue weighted by Crippen LogP contribution is 1.98. The van der Waals surface area contributed by atoms with Crippen LogP contribution in [-0.4, -0.2) is 29.5 Å². The van der Waals surface area contributed by atoms with Crippen LogP contribution in [0.15, 0.2) is 10.2 Å². The molecule has 0 saturated carbocycles. The van der Waals surface area contributed by atoms with Gasteiger partial charge < -0.3 is 10.6 Å². The van der Waals surface area contributed by atoms with Gasteiger partial charge in [0.25, 0.3) is 0 Å². The van der Waals surface area contributed by atoms with Gasteiger partial charge in [0.2, 0.25) is 11.8 Å². The van der Waals surface area contributed by atoms with Crippen LogP contribution in [0.2, 0.25) is 0 Å². The quantitative estimate of drug-likeness (QED) is 0.744. The molecule has 0 aliphatic carbocycles. The van der Waals surface area contributed by atoms with E-state index >= 15 is 0 Å². The number of carbonyl (C=O) groups excluding carboxylic acids is 2. The number of aromatic nitrogens is 1. The Labute approximate surface area is 103 Å². The summed E-state index contributed by atoms with van der Waals surface area (Å²) in [5.41, 5.74) is 0.744. The SMILES string of the molecule is CCNC(=O)CNC(=O)Cn1c(C)csc1=O. The van der Waals surface area contributed by atoms with E-state index in [0.29, 0.717) is 6.54 Å². The van der Waals surface area contributed by atoms with Crippen molar-refractivity contribution in [1.82, 2.24) is 15.2 Å². The van der Waals surface area contributed by atoms with Crippen LogP contribution in [0.3, 0.4) is 0 Å². The van der Waals surface area contributed by atoms with Gasteiger partial charge in [-0.25, -0.2) is 0 Å². The third kappa shape index (κ3) is 4.03. The van der Waals surface area contributed by atoms with E-state index in [1.165, 1.54) is 4.57 Å². The molecule has 1 heterocycles. The first-order valence-electron chi connectivity index (χ1n) is 5.23. The van der Waals surface area contributed by atoms with Gasteiger partial charge in [0.15, 0.2) is 0 Å². The maximum atomic E-state index is 11.5. The first-order valence-corrected chi connectivity index (χ1v) is 6.11. The van der Waals surface area contributed by atoms with Gasteiger partial charge >= 0.3 is 4.87 Å². The van der Waals surface area contributed by atoms with E-state index in [0.717, 1.165) is 17.0 Å². The van der Waals surface area contributed by atoms with Crippen molar-refractivity contribution in [3.05, 3.63) is 20.7 Å². The van der Waals surface area contributed by atoms with Crippen LogP contribution in [0.1, 0.15) is 12.6 Å². The van der Waals surface area contributed by atoms with E-state index in [9.17, 15) is 14.4 Å². The Morgan fingerprint density at radius 3 is 2.59 bits per heavy atom. The summed E-state index contributed by atoms with van der Waals surface area (Å²) in [7, 11) is 0. The molecule has 0 spiro atoms. The lowest BCUT2D eigenvalue weighted by Gasteiger charge is -2.06. The second kappa shape index (κ2) is 6.19. The van der Waals surface area contributed by atoms with Gasteiger partial charge in [0, 0.05) is 17.6 Å². The van der Waals surface area contributed by atoms with E-state index in [1.807, 2.05) is 0 Å². The van der Waals surface area contributed by atoms with Gasteiger partial charge in [-0.05, 0) is 13.8 Å². The summed E-state index contributed by atoms with van der Waals surface area (Å²) in [6.45, 7) is 3.97. The third-order valence-corrected chi connectivity index (χ3v) is 2.98. The molecule has 0 saturated heterocycles. The molecule has 0 aliphatic heterocycles. The maximum absolute atomic E-state index is 11.5. The Morgan fingerprint density at radius 1 is 1.35 bits per heavy atom. The number of aryl methyl sites for hydroxylation is 1. The summed E-state index contributed by atoms with van der Waals surface area (Å²) >= 11 is 1.05. The van der Waals surface area contributed by atoms with E-state index in [-0.39, 0.29) is 29.8 Å². The first kappa shape index (κ1) is 13.4. The Morgan fingerprint density at radius 2 is 2.06 bits per heavy atom. The molecule has 0 bridgehead atoms. The Hall–Kier alpha value is -1.63.